The molecule has 1 saturated heterocycles. The fourth-order valence-electron chi connectivity index (χ4n) is 3.24. The summed E-state index contributed by atoms with van der Waals surface area (Å²) in [4.78, 5) is 21.3. The van der Waals surface area contributed by atoms with E-state index in [0.717, 1.165) is 35.9 Å². The number of rotatable bonds is 4. The van der Waals surface area contributed by atoms with Gasteiger partial charge in [-0.2, -0.15) is 0 Å². The summed E-state index contributed by atoms with van der Waals surface area (Å²) in [6, 6.07) is 13.5. The molecule has 0 aliphatic carbocycles. The number of nitrogens with zero attached hydrogens (tertiary/aromatic N) is 3. The van der Waals surface area contributed by atoms with E-state index in [1.165, 1.54) is 12.1 Å². The van der Waals surface area contributed by atoms with Gasteiger partial charge in [0.2, 0.25) is 0 Å². The van der Waals surface area contributed by atoms with Crippen LogP contribution in [0.1, 0.15) is 15.4 Å². The average Bonchev–Trinajstić information content (AvgIpc) is 3.17. The van der Waals surface area contributed by atoms with Gasteiger partial charge in [-0.15, -0.1) is 11.3 Å². The minimum absolute atomic E-state index is 0.113. The first kappa shape index (κ1) is 19.1. The van der Waals surface area contributed by atoms with E-state index in [2.05, 4.69) is 10.3 Å². The Morgan fingerprint density at radius 1 is 1.11 bits per heavy atom. The lowest BCUT2D eigenvalue weighted by Crippen LogP contribution is -2.48. The molecule has 1 aromatic heterocycles. The van der Waals surface area contributed by atoms with Gasteiger partial charge in [0.05, 0.1) is 12.2 Å². The maximum absolute atomic E-state index is 13.4. The SMILES string of the molecule is O=C(c1cccc(F)c1)N1CCN(Cc2nc(-c3ccc(Cl)cc3)cs2)CC1. The first-order valence-corrected chi connectivity index (χ1v) is 10.3. The van der Waals surface area contributed by atoms with Crippen LogP contribution in [-0.2, 0) is 6.54 Å². The van der Waals surface area contributed by atoms with E-state index in [0.29, 0.717) is 23.7 Å². The Balaban J connectivity index is 1.33. The van der Waals surface area contributed by atoms with Gasteiger partial charge in [0, 0.05) is 47.7 Å². The van der Waals surface area contributed by atoms with Crippen molar-refractivity contribution < 1.29 is 9.18 Å². The highest BCUT2D eigenvalue weighted by atomic mass is 35.5. The number of benzene rings is 2. The Kier molecular flexibility index (Phi) is 5.71. The van der Waals surface area contributed by atoms with Gasteiger partial charge < -0.3 is 4.90 Å². The molecular formula is C21H19ClFN3OS. The van der Waals surface area contributed by atoms with Crippen LogP contribution in [0.4, 0.5) is 4.39 Å². The maximum Gasteiger partial charge on any atom is 0.254 e. The van der Waals surface area contributed by atoms with Gasteiger partial charge in [0.25, 0.3) is 5.91 Å². The fourth-order valence-corrected chi connectivity index (χ4v) is 4.21. The summed E-state index contributed by atoms with van der Waals surface area (Å²) in [6.45, 7) is 3.57. The number of hydrogen-bond acceptors (Lipinski definition) is 4. The van der Waals surface area contributed by atoms with Crippen molar-refractivity contribution in [1.82, 2.24) is 14.8 Å². The summed E-state index contributed by atoms with van der Waals surface area (Å²) in [5.74, 6) is -0.497. The van der Waals surface area contributed by atoms with Crippen LogP contribution in [0.3, 0.4) is 0 Å². The molecule has 28 heavy (non-hydrogen) atoms. The molecule has 0 N–H and O–H groups in total. The van der Waals surface area contributed by atoms with Crippen molar-refractivity contribution in [3.63, 3.8) is 0 Å². The molecule has 0 radical (unpaired) electrons. The third-order valence-corrected chi connectivity index (χ3v) is 5.87. The summed E-state index contributed by atoms with van der Waals surface area (Å²) in [5, 5.41) is 3.82. The molecule has 2 aromatic carbocycles. The highest BCUT2D eigenvalue weighted by molar-refractivity contribution is 7.09. The van der Waals surface area contributed by atoms with E-state index < -0.39 is 0 Å². The van der Waals surface area contributed by atoms with Crippen molar-refractivity contribution >= 4 is 28.8 Å². The smallest absolute Gasteiger partial charge is 0.254 e. The highest BCUT2D eigenvalue weighted by Crippen LogP contribution is 2.24. The molecule has 0 unspecified atom stereocenters. The Labute approximate surface area is 172 Å². The minimum atomic E-state index is -0.384. The molecule has 0 saturated carbocycles. The third-order valence-electron chi connectivity index (χ3n) is 4.78. The number of carbonyl (C=O) groups is 1. The van der Waals surface area contributed by atoms with E-state index in [9.17, 15) is 9.18 Å². The molecule has 144 valence electrons. The summed E-state index contributed by atoms with van der Waals surface area (Å²) < 4.78 is 13.4. The normalized spacial score (nSPS) is 15.0. The zero-order valence-corrected chi connectivity index (χ0v) is 16.7. The van der Waals surface area contributed by atoms with E-state index in [1.807, 2.05) is 24.3 Å². The fraction of sp³-hybridized carbons (Fsp3) is 0.238. The van der Waals surface area contributed by atoms with Crippen molar-refractivity contribution in [1.29, 1.82) is 0 Å². The Morgan fingerprint density at radius 3 is 2.57 bits per heavy atom. The molecule has 1 aliphatic heterocycles. The molecular weight excluding hydrogens is 397 g/mol. The largest absolute Gasteiger partial charge is 0.336 e. The molecule has 4 rings (SSSR count). The molecule has 7 heteroatoms. The molecule has 2 heterocycles. The van der Waals surface area contributed by atoms with Crippen LogP contribution in [0, 0.1) is 5.82 Å². The highest BCUT2D eigenvalue weighted by Gasteiger charge is 2.23. The minimum Gasteiger partial charge on any atom is -0.336 e. The van der Waals surface area contributed by atoms with Gasteiger partial charge in [0.1, 0.15) is 10.8 Å². The van der Waals surface area contributed by atoms with Gasteiger partial charge in [-0.25, -0.2) is 9.37 Å². The van der Waals surface area contributed by atoms with Crippen molar-refractivity contribution in [2.45, 2.75) is 6.54 Å². The number of carbonyl (C=O) groups excluding carboxylic acids is 1. The predicted octanol–water partition coefficient (Wildman–Crippen LogP) is 4.56. The summed E-state index contributed by atoms with van der Waals surface area (Å²) in [6.07, 6.45) is 0. The number of thiazole rings is 1. The van der Waals surface area contributed by atoms with Crippen molar-refractivity contribution in [2.75, 3.05) is 26.2 Å². The van der Waals surface area contributed by atoms with E-state index in [-0.39, 0.29) is 11.7 Å². The van der Waals surface area contributed by atoms with Gasteiger partial charge in [-0.05, 0) is 30.3 Å². The molecule has 0 atom stereocenters. The second-order valence-electron chi connectivity index (χ2n) is 6.71. The summed E-state index contributed by atoms with van der Waals surface area (Å²) >= 11 is 7.58. The van der Waals surface area contributed by atoms with Gasteiger partial charge >= 0.3 is 0 Å². The Morgan fingerprint density at radius 2 is 1.86 bits per heavy atom. The predicted molar refractivity (Wildman–Crippen MR) is 110 cm³/mol. The van der Waals surface area contributed by atoms with E-state index in [4.69, 9.17) is 16.6 Å². The lowest BCUT2D eigenvalue weighted by atomic mass is 10.1. The first-order valence-electron chi connectivity index (χ1n) is 9.06. The van der Waals surface area contributed by atoms with E-state index >= 15 is 0 Å². The number of aromatic nitrogens is 1. The molecule has 0 bridgehead atoms. The maximum atomic E-state index is 13.4. The molecule has 1 aliphatic rings. The molecule has 1 amide bonds. The van der Waals surface area contributed by atoms with Crippen LogP contribution in [0.5, 0.6) is 0 Å². The number of amides is 1. The second-order valence-corrected chi connectivity index (χ2v) is 8.09. The average molecular weight is 416 g/mol. The van der Waals surface area contributed by atoms with Crippen molar-refractivity contribution in [3.8, 4) is 11.3 Å². The van der Waals surface area contributed by atoms with Crippen molar-refractivity contribution in [3.05, 3.63) is 75.3 Å². The van der Waals surface area contributed by atoms with Gasteiger partial charge in [0.15, 0.2) is 0 Å². The standard InChI is InChI=1S/C21H19ClFN3OS/c22-17-6-4-15(5-7-17)19-14-28-20(24-19)13-25-8-10-26(11-9-25)21(27)16-2-1-3-18(23)12-16/h1-7,12,14H,8-11,13H2. The molecule has 3 aromatic rings. The summed E-state index contributed by atoms with van der Waals surface area (Å²) in [7, 11) is 0. The van der Waals surface area contributed by atoms with E-state index in [1.54, 1.807) is 28.4 Å². The van der Waals surface area contributed by atoms with Gasteiger partial charge in [-0.3, -0.25) is 9.69 Å². The second kappa shape index (κ2) is 8.39. The molecule has 1 fully saturated rings. The molecule has 4 nitrogen and oxygen atoms in total. The number of halogens is 2. The number of hydrogen-bond donors (Lipinski definition) is 0. The van der Waals surface area contributed by atoms with Gasteiger partial charge in [-0.1, -0.05) is 29.8 Å². The monoisotopic (exact) mass is 415 g/mol. The summed E-state index contributed by atoms with van der Waals surface area (Å²) in [5.41, 5.74) is 2.41. The third kappa shape index (κ3) is 4.41. The molecule has 0 spiro atoms. The quantitative estimate of drug-likeness (QED) is 0.626. The lowest BCUT2D eigenvalue weighted by molar-refractivity contribution is 0.0628. The Bertz CT molecular complexity index is 968. The van der Waals surface area contributed by atoms with Crippen LogP contribution in [0.15, 0.2) is 53.9 Å². The van der Waals surface area contributed by atoms with Crippen LogP contribution < -0.4 is 0 Å². The van der Waals surface area contributed by atoms with Crippen LogP contribution in [-0.4, -0.2) is 46.9 Å². The van der Waals surface area contributed by atoms with Crippen LogP contribution in [0.2, 0.25) is 5.02 Å². The van der Waals surface area contributed by atoms with Crippen LogP contribution >= 0.6 is 22.9 Å². The lowest BCUT2D eigenvalue weighted by Gasteiger charge is -2.34. The van der Waals surface area contributed by atoms with Crippen LogP contribution in [0.25, 0.3) is 11.3 Å². The van der Waals surface area contributed by atoms with Crippen molar-refractivity contribution in [2.24, 2.45) is 0 Å². The Hall–Kier alpha value is -2.28. The topological polar surface area (TPSA) is 36.4 Å². The zero-order valence-electron chi connectivity index (χ0n) is 15.1. The first-order chi connectivity index (χ1) is 13.6. The number of piperazine rings is 1. The zero-order chi connectivity index (χ0) is 19.5.